The van der Waals surface area contributed by atoms with E-state index in [1.54, 1.807) is 45.7 Å². The number of H-pyrrole nitrogens is 1. The van der Waals surface area contributed by atoms with Crippen molar-refractivity contribution in [2.45, 2.75) is 24.8 Å². The van der Waals surface area contributed by atoms with Gasteiger partial charge in [0.1, 0.15) is 0 Å². The van der Waals surface area contributed by atoms with Crippen LogP contribution in [0.2, 0.25) is 0 Å². The molecule has 4 heterocycles. The van der Waals surface area contributed by atoms with Gasteiger partial charge in [0.2, 0.25) is 0 Å². The Morgan fingerprint density at radius 1 is 1.27 bits per heavy atom. The van der Waals surface area contributed by atoms with E-state index >= 15 is 0 Å². The molecule has 1 aliphatic carbocycles. The lowest BCUT2D eigenvalue weighted by Crippen LogP contribution is -2.46. The van der Waals surface area contributed by atoms with Crippen LogP contribution < -0.4 is 5.56 Å². The zero-order valence-corrected chi connectivity index (χ0v) is 16.1. The molecule has 0 saturated heterocycles. The molecule has 10 heteroatoms. The summed E-state index contributed by atoms with van der Waals surface area (Å²) in [6.45, 7) is 0. The summed E-state index contributed by atoms with van der Waals surface area (Å²) in [6, 6.07) is 6.34. The van der Waals surface area contributed by atoms with Crippen molar-refractivity contribution in [1.82, 2.24) is 34.2 Å². The highest BCUT2D eigenvalue weighted by molar-refractivity contribution is 5.78. The van der Waals surface area contributed by atoms with Gasteiger partial charge < -0.3 is 0 Å². The Hall–Kier alpha value is -4.18. The first kappa shape index (κ1) is 17.9. The zero-order valence-electron chi connectivity index (χ0n) is 16.1. The van der Waals surface area contributed by atoms with E-state index in [1.807, 2.05) is 12.3 Å². The molecule has 0 unspecified atom stereocenters. The number of aromatic nitrogens is 7. The Morgan fingerprint density at radius 3 is 2.80 bits per heavy atom. The van der Waals surface area contributed by atoms with Gasteiger partial charge in [-0.3, -0.25) is 19.3 Å². The number of hydrogen-bond acceptors (Lipinski definition) is 6. The van der Waals surface area contributed by atoms with Crippen molar-refractivity contribution in [3.05, 3.63) is 47.4 Å². The third-order valence-corrected chi connectivity index (χ3v) is 5.70. The summed E-state index contributed by atoms with van der Waals surface area (Å²) in [7, 11) is 1.74. The average Bonchev–Trinajstić information content (AvgIpc) is 3.43. The topological polar surface area (TPSA) is 133 Å². The molecule has 0 aliphatic heterocycles. The first-order chi connectivity index (χ1) is 14.5. The molecule has 5 rings (SSSR count). The molecular formula is C20H17N9O. The van der Waals surface area contributed by atoms with E-state index in [2.05, 4.69) is 27.4 Å². The standard InChI is InChI=1S/C20H17N9O/c1-27-11-15(19(30)26-27)16-12-28-17(2-5-23-28)18(25-16)14-9-24-29(10-14)20(3-4-21)6-13(7-20)8-22/h2,5,9-13H,3,6-7H2,1H3,(H,26,30). The fourth-order valence-corrected chi connectivity index (χ4v) is 4.17. The van der Waals surface area contributed by atoms with Crippen molar-refractivity contribution in [2.24, 2.45) is 13.0 Å². The highest BCUT2D eigenvalue weighted by Crippen LogP contribution is 2.46. The van der Waals surface area contributed by atoms with Crippen molar-refractivity contribution < 1.29 is 0 Å². The Bertz CT molecular complexity index is 1400. The molecule has 0 bridgehead atoms. The summed E-state index contributed by atoms with van der Waals surface area (Å²) in [4.78, 5) is 17.0. The van der Waals surface area contributed by atoms with Gasteiger partial charge in [-0.1, -0.05) is 0 Å². The van der Waals surface area contributed by atoms with E-state index in [1.165, 1.54) is 0 Å². The van der Waals surface area contributed by atoms with Crippen LogP contribution in [-0.2, 0) is 12.6 Å². The highest BCUT2D eigenvalue weighted by Gasteiger charge is 2.46. The van der Waals surface area contributed by atoms with Crippen molar-refractivity contribution in [2.75, 3.05) is 0 Å². The van der Waals surface area contributed by atoms with Crippen molar-refractivity contribution in [1.29, 1.82) is 10.5 Å². The van der Waals surface area contributed by atoms with Crippen molar-refractivity contribution >= 4 is 5.52 Å². The zero-order chi connectivity index (χ0) is 20.9. The molecule has 0 radical (unpaired) electrons. The van der Waals surface area contributed by atoms with Crippen LogP contribution in [0.25, 0.3) is 28.0 Å². The van der Waals surface area contributed by atoms with E-state index in [0.29, 0.717) is 36.2 Å². The number of nitrogens with zero attached hydrogens (tertiary/aromatic N) is 8. The maximum absolute atomic E-state index is 12.3. The van der Waals surface area contributed by atoms with Gasteiger partial charge in [-0.15, -0.1) is 0 Å². The molecule has 30 heavy (non-hydrogen) atoms. The minimum Gasteiger partial charge on any atom is -0.295 e. The Morgan fingerprint density at radius 2 is 2.10 bits per heavy atom. The van der Waals surface area contributed by atoms with Gasteiger partial charge in [0.25, 0.3) is 5.56 Å². The number of rotatable bonds is 4. The largest absolute Gasteiger partial charge is 0.295 e. The smallest absolute Gasteiger partial charge is 0.273 e. The van der Waals surface area contributed by atoms with Crippen molar-refractivity contribution in [3.8, 4) is 34.7 Å². The minimum atomic E-state index is -0.460. The Kier molecular flexibility index (Phi) is 3.83. The van der Waals surface area contributed by atoms with E-state index in [-0.39, 0.29) is 11.5 Å². The molecule has 10 nitrogen and oxygen atoms in total. The molecule has 0 amide bonds. The molecule has 1 aliphatic rings. The minimum absolute atomic E-state index is 0.0567. The van der Waals surface area contributed by atoms with E-state index in [0.717, 1.165) is 11.1 Å². The van der Waals surface area contributed by atoms with Crippen LogP contribution in [0.1, 0.15) is 19.3 Å². The summed E-state index contributed by atoms with van der Waals surface area (Å²) < 4.78 is 5.05. The van der Waals surface area contributed by atoms with Crippen molar-refractivity contribution in [3.63, 3.8) is 0 Å². The van der Waals surface area contributed by atoms with Gasteiger partial charge in [-0.05, 0) is 18.9 Å². The van der Waals surface area contributed by atoms with Crippen LogP contribution in [0.4, 0.5) is 0 Å². The second-order valence-corrected chi connectivity index (χ2v) is 7.70. The normalized spacial score (nSPS) is 20.6. The molecular weight excluding hydrogens is 382 g/mol. The van der Waals surface area contributed by atoms with Crippen LogP contribution in [-0.4, -0.2) is 34.2 Å². The van der Waals surface area contributed by atoms with E-state index in [9.17, 15) is 10.1 Å². The predicted molar refractivity (Wildman–Crippen MR) is 106 cm³/mol. The van der Waals surface area contributed by atoms with Gasteiger partial charge in [-0.2, -0.15) is 20.7 Å². The van der Waals surface area contributed by atoms with Crippen LogP contribution in [0.3, 0.4) is 0 Å². The molecule has 0 spiro atoms. The number of nitriles is 2. The number of fused-ring (bicyclic) bond motifs is 1. The molecule has 4 aromatic rings. The van der Waals surface area contributed by atoms with Gasteiger partial charge in [-0.25, -0.2) is 9.50 Å². The number of aryl methyl sites for hydroxylation is 1. The summed E-state index contributed by atoms with van der Waals surface area (Å²) in [5.41, 5.74) is 2.43. The first-order valence-corrected chi connectivity index (χ1v) is 9.45. The summed E-state index contributed by atoms with van der Waals surface area (Å²) in [6.07, 6.45) is 10.1. The number of hydrogen-bond donors (Lipinski definition) is 1. The second-order valence-electron chi connectivity index (χ2n) is 7.70. The van der Waals surface area contributed by atoms with E-state index < -0.39 is 5.54 Å². The summed E-state index contributed by atoms with van der Waals surface area (Å²) in [5, 5.41) is 29.9. The Balaban J connectivity index is 1.62. The molecule has 1 N–H and O–H groups in total. The Labute approximate surface area is 170 Å². The van der Waals surface area contributed by atoms with E-state index in [4.69, 9.17) is 10.2 Å². The van der Waals surface area contributed by atoms with Crippen LogP contribution in [0, 0.1) is 28.6 Å². The quantitative estimate of drug-likeness (QED) is 0.556. The fourth-order valence-electron chi connectivity index (χ4n) is 4.17. The first-order valence-electron chi connectivity index (χ1n) is 9.45. The van der Waals surface area contributed by atoms with Crippen LogP contribution >= 0.6 is 0 Å². The lowest BCUT2D eigenvalue weighted by molar-refractivity contribution is 0.0882. The molecule has 0 atom stereocenters. The van der Waals surface area contributed by atoms with Gasteiger partial charge >= 0.3 is 0 Å². The molecule has 1 fully saturated rings. The van der Waals surface area contributed by atoms with Crippen LogP contribution in [0.15, 0.2) is 41.8 Å². The average molecular weight is 399 g/mol. The van der Waals surface area contributed by atoms with Gasteiger partial charge in [0, 0.05) is 25.0 Å². The molecule has 1 saturated carbocycles. The van der Waals surface area contributed by atoms with Crippen LogP contribution in [0.5, 0.6) is 0 Å². The second kappa shape index (κ2) is 6.42. The van der Waals surface area contributed by atoms with Gasteiger partial charge in [0.15, 0.2) is 0 Å². The molecule has 4 aromatic heterocycles. The lowest BCUT2D eigenvalue weighted by atomic mass is 9.67. The molecule has 0 aromatic carbocycles. The number of nitrogens with one attached hydrogen (secondary N) is 1. The third-order valence-electron chi connectivity index (χ3n) is 5.70. The van der Waals surface area contributed by atoms with Gasteiger partial charge in [0.05, 0.1) is 71.1 Å². The predicted octanol–water partition coefficient (Wildman–Crippen LogP) is 1.83. The maximum Gasteiger partial charge on any atom is 0.273 e. The lowest BCUT2D eigenvalue weighted by Gasteiger charge is -2.43. The highest BCUT2D eigenvalue weighted by atomic mass is 16.1. The summed E-state index contributed by atoms with van der Waals surface area (Å²) >= 11 is 0. The molecule has 148 valence electrons. The fraction of sp³-hybridized carbons (Fsp3) is 0.300. The third kappa shape index (κ3) is 2.62. The summed E-state index contributed by atoms with van der Waals surface area (Å²) in [5.74, 6) is -0.0567. The number of aromatic amines is 1. The SMILES string of the molecule is Cn1cc(-c2cn3nccc3c(-c3cnn(C4(CC#N)CC(C#N)C4)c3)n2)c(=O)[nH]1. The maximum atomic E-state index is 12.3. The monoisotopic (exact) mass is 399 g/mol.